The van der Waals surface area contributed by atoms with Crippen LogP contribution in [0.2, 0.25) is 0 Å². The second-order valence-electron chi connectivity index (χ2n) is 15.0. The number of aliphatic hydroxyl groups excluding tert-OH is 1. The second-order valence-corrected chi connectivity index (χ2v) is 15.0. The number of Topliss-reactive ketones (excluding diaryl/α,β-unsaturated/α-hetero) is 1. The maximum atomic E-state index is 14.4. The smallest absolute Gasteiger partial charge is 0.253 e. The standard InChI is InChI=1S/C45H46N4O4/c1-28-24-34-36(26-38(28)48-20-9-10-21-48)46-44(52)32(30-14-5-3-6-15-30)18-13-19-33(31-16-7-4-8-17-31)45(53)47-37-27-39(49-22-11-12-23-49)29(2)25-35(37)41-42(50)40(34)43(41)51/h3-8,14-17,24-27,32-33,50H,9-13,18-23H2,1-2H3,(H,46,52). The van der Waals surface area contributed by atoms with Gasteiger partial charge in [0.2, 0.25) is 11.7 Å². The van der Waals surface area contributed by atoms with Crippen molar-refractivity contribution in [3.8, 4) is 0 Å². The van der Waals surface area contributed by atoms with Crippen LogP contribution in [-0.2, 0) is 14.4 Å². The van der Waals surface area contributed by atoms with Crippen molar-refractivity contribution in [3.05, 3.63) is 129 Å². The lowest BCUT2D eigenvalue weighted by molar-refractivity contribution is -0.119. The van der Waals surface area contributed by atoms with Crippen molar-refractivity contribution in [2.24, 2.45) is 4.99 Å². The van der Waals surface area contributed by atoms with E-state index in [1.54, 1.807) is 0 Å². The molecule has 9 rings (SSSR count). The number of anilines is 3. The van der Waals surface area contributed by atoms with E-state index in [0.29, 0.717) is 41.1 Å². The molecule has 4 aromatic carbocycles. The van der Waals surface area contributed by atoms with Gasteiger partial charge in [-0.2, -0.15) is 0 Å². The van der Waals surface area contributed by atoms with E-state index < -0.39 is 11.8 Å². The number of carbonyl (C=O) groups excluding carboxylic acids is 3. The first-order valence-corrected chi connectivity index (χ1v) is 19.1. The number of aryl methyl sites for hydroxylation is 2. The van der Waals surface area contributed by atoms with Gasteiger partial charge >= 0.3 is 0 Å². The van der Waals surface area contributed by atoms with Crippen LogP contribution in [0.15, 0.2) is 95.7 Å². The molecule has 4 heterocycles. The van der Waals surface area contributed by atoms with Crippen molar-refractivity contribution in [1.82, 2.24) is 0 Å². The number of allylic oxidation sites excluding steroid dienone is 2. The number of aliphatic hydroxyl groups is 1. The van der Waals surface area contributed by atoms with Gasteiger partial charge in [-0.15, -0.1) is 0 Å². The molecule has 4 aliphatic heterocycles. The van der Waals surface area contributed by atoms with Crippen molar-refractivity contribution in [1.29, 1.82) is 0 Å². The molecular weight excluding hydrogens is 661 g/mol. The quantitative estimate of drug-likeness (QED) is 0.236. The van der Waals surface area contributed by atoms with Crippen molar-refractivity contribution < 1.29 is 19.5 Å². The summed E-state index contributed by atoms with van der Waals surface area (Å²) < 4.78 is 0. The number of amides is 2. The van der Waals surface area contributed by atoms with Gasteiger partial charge in [0.15, 0.2) is 0 Å². The molecule has 2 atom stereocenters. The van der Waals surface area contributed by atoms with E-state index in [4.69, 9.17) is 4.99 Å². The average molecular weight is 707 g/mol. The average Bonchev–Trinajstić information content (AvgIpc) is 3.90. The van der Waals surface area contributed by atoms with Crippen LogP contribution in [0.5, 0.6) is 0 Å². The van der Waals surface area contributed by atoms with Crippen LogP contribution >= 0.6 is 0 Å². The van der Waals surface area contributed by atoms with Crippen LogP contribution in [0.25, 0.3) is 11.1 Å². The molecule has 4 aromatic rings. The Hall–Kier alpha value is -5.50. The molecule has 2 unspecified atom stereocenters. The minimum absolute atomic E-state index is 0.145. The van der Waals surface area contributed by atoms with Crippen LogP contribution in [0.4, 0.5) is 17.1 Å². The minimum Gasteiger partial charge on any atom is -0.506 e. The maximum absolute atomic E-state index is 14.4. The summed E-state index contributed by atoms with van der Waals surface area (Å²) in [5.41, 5.74) is 6.97. The Labute approximate surface area is 310 Å². The first-order valence-electron chi connectivity index (χ1n) is 19.1. The molecule has 1 aliphatic carbocycles. The Morgan fingerprint density at radius 3 is 1.81 bits per heavy atom. The fraction of sp³-hybridized carbons (Fsp3) is 0.333. The number of rotatable bonds is 4. The highest BCUT2D eigenvalue weighted by Crippen LogP contribution is 2.43. The molecule has 2 N–H and O–H groups in total. The molecule has 2 fully saturated rings. The van der Waals surface area contributed by atoms with E-state index in [-0.39, 0.29) is 34.5 Å². The molecule has 5 aliphatic rings. The van der Waals surface area contributed by atoms with Gasteiger partial charge < -0.3 is 20.2 Å². The zero-order chi connectivity index (χ0) is 36.6. The zero-order valence-electron chi connectivity index (χ0n) is 30.5. The minimum atomic E-state index is -0.554. The van der Waals surface area contributed by atoms with Crippen LogP contribution < -0.4 is 25.7 Å². The molecule has 2 bridgehead atoms. The predicted octanol–water partition coefficient (Wildman–Crippen LogP) is 7.04. The number of carbonyl (C=O) groups is 3. The summed E-state index contributed by atoms with van der Waals surface area (Å²) in [5.74, 6) is -2.06. The molecule has 0 radical (unpaired) electrons. The predicted molar refractivity (Wildman–Crippen MR) is 210 cm³/mol. The third-order valence-corrected chi connectivity index (χ3v) is 11.5. The van der Waals surface area contributed by atoms with Crippen LogP contribution in [0.1, 0.15) is 84.6 Å². The fourth-order valence-corrected chi connectivity index (χ4v) is 8.68. The van der Waals surface area contributed by atoms with Gasteiger partial charge in [-0.25, -0.2) is 4.99 Å². The van der Waals surface area contributed by atoms with Gasteiger partial charge in [0, 0.05) is 48.3 Å². The number of hydrogen-bond donors (Lipinski definition) is 2. The van der Waals surface area contributed by atoms with E-state index in [2.05, 4.69) is 15.1 Å². The molecule has 2 amide bonds. The SMILES string of the molecule is Cc1cc2c(cc1N1CCCC1)NC(=O)C(c1ccccc1)CCCC(c1ccccc1)C(=O)N=c1cc(N3CCCC3)c(C)cc1=C1C(=O)C2=C1O. The lowest BCUT2D eigenvalue weighted by atomic mass is 9.80. The second kappa shape index (κ2) is 14.5. The van der Waals surface area contributed by atoms with E-state index in [1.165, 1.54) is 0 Å². The summed E-state index contributed by atoms with van der Waals surface area (Å²) in [7, 11) is 0. The van der Waals surface area contributed by atoms with Gasteiger partial charge in [0.05, 0.1) is 34.0 Å². The lowest BCUT2D eigenvalue weighted by Gasteiger charge is -2.28. The summed E-state index contributed by atoms with van der Waals surface area (Å²) in [6.07, 6.45) is 5.97. The highest BCUT2D eigenvalue weighted by Gasteiger charge is 2.38. The first-order chi connectivity index (χ1) is 25.8. The highest BCUT2D eigenvalue weighted by molar-refractivity contribution is 6.52. The highest BCUT2D eigenvalue weighted by atomic mass is 16.3. The molecular formula is C45H46N4O4. The number of nitrogens with one attached hydrogen (secondary N) is 1. The number of nitrogens with zero attached hydrogens (tertiary/aromatic N) is 3. The number of fused-ring (bicyclic) bond motifs is 8. The molecule has 0 saturated carbocycles. The normalized spacial score (nSPS) is 20.9. The van der Waals surface area contributed by atoms with Crippen LogP contribution in [0.3, 0.4) is 0 Å². The molecule has 0 spiro atoms. The molecule has 0 aromatic heterocycles. The van der Waals surface area contributed by atoms with E-state index >= 15 is 0 Å². The molecule has 8 heteroatoms. The lowest BCUT2D eigenvalue weighted by Crippen LogP contribution is -2.38. The molecule has 270 valence electrons. The summed E-state index contributed by atoms with van der Waals surface area (Å²) in [5, 5.41) is 16.0. The number of benzene rings is 4. The third-order valence-electron chi connectivity index (χ3n) is 11.5. The van der Waals surface area contributed by atoms with Gasteiger partial charge in [0.25, 0.3) is 5.91 Å². The zero-order valence-corrected chi connectivity index (χ0v) is 30.5. The Morgan fingerprint density at radius 2 is 1.21 bits per heavy atom. The summed E-state index contributed by atoms with van der Waals surface area (Å²) in [4.78, 5) is 52.7. The Morgan fingerprint density at radius 1 is 0.660 bits per heavy atom. The topological polar surface area (TPSA) is 102 Å². The van der Waals surface area contributed by atoms with Crippen molar-refractivity contribution in [2.45, 2.75) is 70.6 Å². The fourth-order valence-electron chi connectivity index (χ4n) is 8.68. The Bertz CT molecular complexity index is 2250. The molecule has 8 nitrogen and oxygen atoms in total. The Kier molecular flexibility index (Phi) is 9.46. The Balaban J connectivity index is 1.35. The van der Waals surface area contributed by atoms with Gasteiger partial charge in [-0.3, -0.25) is 14.4 Å². The van der Waals surface area contributed by atoms with Gasteiger partial charge in [0.1, 0.15) is 5.76 Å². The van der Waals surface area contributed by atoms with E-state index in [9.17, 15) is 19.5 Å². The first kappa shape index (κ1) is 34.6. The summed E-state index contributed by atoms with van der Waals surface area (Å²) in [6.45, 7) is 7.68. The van der Waals surface area contributed by atoms with E-state index in [0.717, 1.165) is 85.5 Å². The van der Waals surface area contributed by atoms with Crippen molar-refractivity contribution in [3.63, 3.8) is 0 Å². The largest absolute Gasteiger partial charge is 0.506 e. The number of hydrogen-bond acceptors (Lipinski definition) is 6. The summed E-state index contributed by atoms with van der Waals surface area (Å²) in [6, 6.07) is 27.1. The maximum Gasteiger partial charge on any atom is 0.253 e. The molecule has 53 heavy (non-hydrogen) atoms. The molecule has 2 saturated heterocycles. The summed E-state index contributed by atoms with van der Waals surface area (Å²) >= 11 is 0. The van der Waals surface area contributed by atoms with Crippen molar-refractivity contribution >= 4 is 45.8 Å². The third kappa shape index (κ3) is 6.56. The van der Waals surface area contributed by atoms with Crippen LogP contribution in [-0.4, -0.2) is 48.9 Å². The van der Waals surface area contributed by atoms with Crippen molar-refractivity contribution in [2.75, 3.05) is 41.3 Å². The van der Waals surface area contributed by atoms with Gasteiger partial charge in [-0.1, -0.05) is 67.1 Å². The van der Waals surface area contributed by atoms with Gasteiger partial charge in [-0.05, 0) is 98.9 Å². The van der Waals surface area contributed by atoms with Crippen LogP contribution in [0, 0.1) is 13.8 Å². The monoisotopic (exact) mass is 706 g/mol. The number of ketones is 1. The van der Waals surface area contributed by atoms with E-state index in [1.807, 2.05) is 98.8 Å².